The molecular weight excluding hydrogens is 218 g/mol. The van der Waals surface area contributed by atoms with Crippen molar-refractivity contribution in [2.75, 3.05) is 6.54 Å². The maximum atomic E-state index is 11.9. The molecule has 0 saturated heterocycles. The number of fused-ring (bicyclic) bond motifs is 1. The fourth-order valence-electron chi connectivity index (χ4n) is 1.54. The van der Waals surface area contributed by atoms with Crippen molar-refractivity contribution >= 4 is 16.9 Å². The third kappa shape index (κ3) is 2.62. The molecule has 0 aromatic carbocycles. The highest BCUT2D eigenvalue weighted by Crippen LogP contribution is 2.15. The Morgan fingerprint density at radius 2 is 2.35 bits per heavy atom. The summed E-state index contributed by atoms with van der Waals surface area (Å²) in [7, 11) is 0. The number of H-pyrrole nitrogens is 1. The van der Waals surface area contributed by atoms with Crippen molar-refractivity contribution in [3.05, 3.63) is 30.1 Å². The van der Waals surface area contributed by atoms with Crippen LogP contribution in [0.5, 0.6) is 0 Å². The number of hydrogen-bond donors (Lipinski definition) is 3. The summed E-state index contributed by atoms with van der Waals surface area (Å²) in [6.07, 6.45) is 3.29. The number of carbonyl (C=O) groups is 1. The number of aromatic nitrogens is 2. The van der Waals surface area contributed by atoms with E-state index in [1.165, 1.54) is 0 Å². The van der Waals surface area contributed by atoms with E-state index in [0.29, 0.717) is 11.2 Å². The van der Waals surface area contributed by atoms with Gasteiger partial charge in [0, 0.05) is 24.3 Å². The van der Waals surface area contributed by atoms with E-state index in [-0.39, 0.29) is 12.5 Å². The Morgan fingerprint density at radius 1 is 1.59 bits per heavy atom. The summed E-state index contributed by atoms with van der Waals surface area (Å²) < 4.78 is 0. The van der Waals surface area contributed by atoms with Gasteiger partial charge in [0.25, 0.3) is 5.91 Å². The predicted octanol–water partition coefficient (Wildman–Crippen LogP) is 1.06. The molecule has 2 heterocycles. The van der Waals surface area contributed by atoms with Gasteiger partial charge in [-0.3, -0.25) is 4.79 Å². The zero-order valence-electron chi connectivity index (χ0n) is 9.82. The monoisotopic (exact) mass is 233 g/mol. The average Bonchev–Trinajstić information content (AvgIpc) is 2.68. The number of hydrogen-bond acceptors (Lipinski definition) is 3. The van der Waals surface area contributed by atoms with Crippen LogP contribution in [0, 0.1) is 0 Å². The lowest BCUT2D eigenvalue weighted by Gasteiger charge is -2.17. The summed E-state index contributed by atoms with van der Waals surface area (Å²) in [4.78, 5) is 18.9. The molecule has 0 bridgehead atoms. The van der Waals surface area contributed by atoms with E-state index in [1.54, 1.807) is 32.3 Å². The van der Waals surface area contributed by atoms with Crippen molar-refractivity contribution in [3.63, 3.8) is 0 Å². The zero-order valence-corrected chi connectivity index (χ0v) is 9.82. The fourth-order valence-corrected chi connectivity index (χ4v) is 1.54. The highest BCUT2D eigenvalue weighted by atomic mass is 16.3. The van der Waals surface area contributed by atoms with Crippen LogP contribution in [-0.2, 0) is 0 Å². The molecule has 0 radical (unpaired) electrons. The minimum absolute atomic E-state index is 0.207. The second kappa shape index (κ2) is 4.18. The third-order valence-electron chi connectivity index (χ3n) is 2.38. The Balaban J connectivity index is 2.20. The van der Waals surface area contributed by atoms with Crippen LogP contribution in [0.25, 0.3) is 11.0 Å². The first-order chi connectivity index (χ1) is 7.97. The summed E-state index contributed by atoms with van der Waals surface area (Å²) in [6.45, 7) is 3.49. The minimum Gasteiger partial charge on any atom is -0.389 e. The molecular formula is C12H15N3O2. The van der Waals surface area contributed by atoms with Crippen molar-refractivity contribution in [2.24, 2.45) is 0 Å². The zero-order chi connectivity index (χ0) is 12.5. The first kappa shape index (κ1) is 11.6. The molecule has 90 valence electrons. The van der Waals surface area contributed by atoms with Gasteiger partial charge in [-0.1, -0.05) is 0 Å². The molecule has 0 unspecified atom stereocenters. The van der Waals surface area contributed by atoms with Gasteiger partial charge < -0.3 is 15.4 Å². The molecule has 5 heteroatoms. The summed E-state index contributed by atoms with van der Waals surface area (Å²) >= 11 is 0. The lowest BCUT2D eigenvalue weighted by Crippen LogP contribution is -2.38. The maximum Gasteiger partial charge on any atom is 0.253 e. The Hall–Kier alpha value is -1.88. The number of carbonyl (C=O) groups excluding carboxylic acids is 1. The van der Waals surface area contributed by atoms with Crippen LogP contribution in [0.1, 0.15) is 24.2 Å². The first-order valence-corrected chi connectivity index (χ1v) is 5.40. The Labute approximate surface area is 98.9 Å². The summed E-state index contributed by atoms with van der Waals surface area (Å²) in [6, 6.07) is 3.61. The molecule has 0 spiro atoms. The molecule has 2 rings (SSSR count). The Kier molecular flexibility index (Phi) is 2.85. The third-order valence-corrected chi connectivity index (χ3v) is 2.38. The number of rotatable bonds is 3. The largest absolute Gasteiger partial charge is 0.389 e. The van der Waals surface area contributed by atoms with Gasteiger partial charge in [-0.05, 0) is 26.0 Å². The summed E-state index contributed by atoms with van der Waals surface area (Å²) in [5, 5.41) is 13.0. The molecule has 0 atom stereocenters. The lowest BCUT2D eigenvalue weighted by atomic mass is 10.1. The van der Waals surface area contributed by atoms with Crippen molar-refractivity contribution in [1.29, 1.82) is 0 Å². The smallest absolute Gasteiger partial charge is 0.253 e. The van der Waals surface area contributed by atoms with E-state index >= 15 is 0 Å². The number of amides is 1. The normalized spacial score (nSPS) is 11.7. The van der Waals surface area contributed by atoms with Crippen LogP contribution >= 0.6 is 0 Å². The summed E-state index contributed by atoms with van der Waals surface area (Å²) in [5.74, 6) is -0.216. The predicted molar refractivity (Wildman–Crippen MR) is 64.7 cm³/mol. The van der Waals surface area contributed by atoms with Gasteiger partial charge in [0.05, 0.1) is 11.2 Å². The van der Waals surface area contributed by atoms with Gasteiger partial charge in [0.1, 0.15) is 5.65 Å². The highest BCUT2D eigenvalue weighted by Gasteiger charge is 2.17. The van der Waals surface area contributed by atoms with E-state index in [1.807, 2.05) is 6.07 Å². The van der Waals surface area contributed by atoms with Crippen molar-refractivity contribution in [3.8, 4) is 0 Å². The molecule has 0 aliphatic rings. The number of aromatic amines is 1. The molecule has 0 aliphatic carbocycles. The van der Waals surface area contributed by atoms with E-state index in [0.717, 1.165) is 5.39 Å². The number of nitrogens with one attached hydrogen (secondary N) is 2. The van der Waals surface area contributed by atoms with Crippen LogP contribution < -0.4 is 5.32 Å². The van der Waals surface area contributed by atoms with Crippen LogP contribution in [0.3, 0.4) is 0 Å². The van der Waals surface area contributed by atoms with Gasteiger partial charge in [-0.2, -0.15) is 0 Å². The molecule has 0 saturated carbocycles. The van der Waals surface area contributed by atoms with Crippen LogP contribution in [0.4, 0.5) is 0 Å². The molecule has 2 aromatic rings. The molecule has 2 aromatic heterocycles. The van der Waals surface area contributed by atoms with E-state index in [2.05, 4.69) is 15.3 Å². The fraction of sp³-hybridized carbons (Fsp3) is 0.333. The molecule has 0 fully saturated rings. The average molecular weight is 233 g/mol. The standard InChI is InChI=1S/C12H15N3O2/c1-12(2,17)7-15-11(16)9-6-14-10-8(9)4-3-5-13-10/h3-6,17H,7H2,1-2H3,(H,13,14)(H,15,16). The Morgan fingerprint density at radius 3 is 3.06 bits per heavy atom. The van der Waals surface area contributed by atoms with Gasteiger partial charge in [-0.15, -0.1) is 0 Å². The second-order valence-electron chi connectivity index (χ2n) is 4.60. The van der Waals surface area contributed by atoms with Crippen LogP contribution in [0.2, 0.25) is 0 Å². The quantitative estimate of drug-likeness (QED) is 0.741. The topological polar surface area (TPSA) is 78.0 Å². The van der Waals surface area contributed by atoms with Crippen molar-refractivity contribution < 1.29 is 9.90 Å². The van der Waals surface area contributed by atoms with E-state index in [9.17, 15) is 9.90 Å². The molecule has 3 N–H and O–H groups in total. The maximum absolute atomic E-state index is 11.9. The molecule has 5 nitrogen and oxygen atoms in total. The molecule has 1 amide bonds. The van der Waals surface area contributed by atoms with Crippen molar-refractivity contribution in [2.45, 2.75) is 19.4 Å². The second-order valence-corrected chi connectivity index (χ2v) is 4.60. The van der Waals surface area contributed by atoms with Gasteiger partial charge in [0.2, 0.25) is 0 Å². The van der Waals surface area contributed by atoms with E-state index in [4.69, 9.17) is 0 Å². The minimum atomic E-state index is -0.917. The number of aliphatic hydroxyl groups is 1. The van der Waals surface area contributed by atoms with Crippen LogP contribution in [-0.4, -0.2) is 33.1 Å². The first-order valence-electron chi connectivity index (χ1n) is 5.40. The van der Waals surface area contributed by atoms with Gasteiger partial charge >= 0.3 is 0 Å². The lowest BCUT2D eigenvalue weighted by molar-refractivity contribution is 0.0695. The van der Waals surface area contributed by atoms with Gasteiger partial charge in [0.15, 0.2) is 0 Å². The SMILES string of the molecule is CC(C)(O)CNC(=O)c1c[nH]c2ncccc12. The number of nitrogens with zero attached hydrogens (tertiary/aromatic N) is 1. The van der Waals surface area contributed by atoms with Crippen molar-refractivity contribution in [1.82, 2.24) is 15.3 Å². The Bertz CT molecular complexity index is 540. The highest BCUT2D eigenvalue weighted by molar-refractivity contribution is 6.05. The van der Waals surface area contributed by atoms with E-state index < -0.39 is 5.60 Å². The molecule has 17 heavy (non-hydrogen) atoms. The number of pyridine rings is 1. The molecule has 0 aliphatic heterocycles. The van der Waals surface area contributed by atoms with Gasteiger partial charge in [-0.25, -0.2) is 4.98 Å². The summed E-state index contributed by atoms with van der Waals surface area (Å²) in [5.41, 5.74) is 0.304. The van der Waals surface area contributed by atoms with Crippen LogP contribution in [0.15, 0.2) is 24.5 Å².